The van der Waals surface area contributed by atoms with Crippen molar-refractivity contribution in [2.75, 3.05) is 52.3 Å². The molecule has 5 heterocycles. The van der Waals surface area contributed by atoms with E-state index in [0.717, 1.165) is 63.2 Å². The molecule has 3 aromatic heterocycles. The van der Waals surface area contributed by atoms with Crippen molar-refractivity contribution in [1.82, 2.24) is 34.3 Å². The molecular weight excluding hydrogens is 490 g/mol. The number of methoxy groups -OCH3 is 1. The van der Waals surface area contributed by atoms with Crippen molar-refractivity contribution in [3.63, 3.8) is 0 Å². The molecule has 2 aliphatic rings. The quantitative estimate of drug-likeness (QED) is 0.394. The average Bonchev–Trinajstić information content (AvgIpc) is 3.48. The summed E-state index contributed by atoms with van der Waals surface area (Å²) < 4.78 is 37.3. The Labute approximate surface area is 219 Å². The van der Waals surface area contributed by atoms with Gasteiger partial charge in [-0.3, -0.25) is 4.90 Å². The first-order valence-electron chi connectivity index (χ1n) is 12.8. The number of aryl methyl sites for hydroxylation is 1. The fourth-order valence-corrected chi connectivity index (χ4v) is 5.30. The number of imidazole rings is 1. The Balaban J connectivity index is 1.24. The number of ether oxygens (including phenoxy) is 1. The van der Waals surface area contributed by atoms with E-state index in [-0.39, 0.29) is 23.2 Å². The molecule has 198 valence electrons. The van der Waals surface area contributed by atoms with Gasteiger partial charge in [0.25, 0.3) is 0 Å². The van der Waals surface area contributed by atoms with E-state index in [1.54, 1.807) is 13.2 Å². The third kappa shape index (κ3) is 4.84. The standard InChI is InChI=1S/C27H30F2N8O/c1-35-7-9-36(10-8-35)15-17-3-5-23(30-13-17)32-27-31-14-21(29)25(34-27)18-11-20(28)26-22(12-18)37-19(16-38-2)4-6-24(37)33-26/h3,5,11-14,19H,4,6-10,15-16H2,1-2H3,(H,30,31,32,34)/t19-/m0/s1. The first-order valence-corrected chi connectivity index (χ1v) is 12.8. The van der Waals surface area contributed by atoms with Crippen molar-refractivity contribution < 1.29 is 13.5 Å². The lowest BCUT2D eigenvalue weighted by atomic mass is 10.1. The van der Waals surface area contributed by atoms with Crippen molar-refractivity contribution in [3.8, 4) is 11.3 Å². The molecule has 6 rings (SSSR count). The lowest BCUT2D eigenvalue weighted by molar-refractivity contribution is 0.148. The predicted molar refractivity (Wildman–Crippen MR) is 140 cm³/mol. The number of likely N-dealkylation sites (N-methyl/N-ethyl adjacent to an activating group) is 1. The summed E-state index contributed by atoms with van der Waals surface area (Å²) >= 11 is 0. The van der Waals surface area contributed by atoms with Gasteiger partial charge in [0.15, 0.2) is 11.6 Å². The zero-order valence-electron chi connectivity index (χ0n) is 21.5. The lowest BCUT2D eigenvalue weighted by Crippen LogP contribution is -2.43. The molecule has 1 saturated heterocycles. The van der Waals surface area contributed by atoms with Gasteiger partial charge in [0.05, 0.1) is 24.4 Å². The number of rotatable bonds is 7. The number of pyridine rings is 1. The monoisotopic (exact) mass is 520 g/mol. The zero-order chi connectivity index (χ0) is 26.2. The summed E-state index contributed by atoms with van der Waals surface area (Å²) in [5.74, 6) is 0.380. The number of hydrogen-bond acceptors (Lipinski definition) is 8. The Kier molecular flexibility index (Phi) is 6.73. The van der Waals surface area contributed by atoms with E-state index in [9.17, 15) is 4.39 Å². The fourth-order valence-electron chi connectivity index (χ4n) is 5.30. The molecular formula is C27H30F2N8O. The third-order valence-corrected chi connectivity index (χ3v) is 7.33. The van der Waals surface area contributed by atoms with Gasteiger partial charge >= 0.3 is 0 Å². The normalized spacial score (nSPS) is 18.3. The molecule has 0 saturated carbocycles. The van der Waals surface area contributed by atoms with Crippen molar-refractivity contribution in [1.29, 1.82) is 0 Å². The number of anilines is 2. The van der Waals surface area contributed by atoms with Crippen LogP contribution in [0.5, 0.6) is 0 Å². The molecule has 0 amide bonds. The van der Waals surface area contributed by atoms with Crippen LogP contribution in [0.2, 0.25) is 0 Å². The van der Waals surface area contributed by atoms with E-state index in [0.29, 0.717) is 23.5 Å². The van der Waals surface area contributed by atoms with Crippen LogP contribution in [0.15, 0.2) is 36.7 Å². The molecule has 1 aromatic carbocycles. The summed E-state index contributed by atoms with van der Waals surface area (Å²) in [5, 5.41) is 3.04. The number of nitrogens with one attached hydrogen (secondary N) is 1. The van der Waals surface area contributed by atoms with Crippen LogP contribution in [0.1, 0.15) is 23.9 Å². The highest BCUT2D eigenvalue weighted by atomic mass is 19.1. The van der Waals surface area contributed by atoms with Gasteiger partial charge in [-0.05, 0) is 37.2 Å². The first-order chi connectivity index (χ1) is 18.5. The van der Waals surface area contributed by atoms with Gasteiger partial charge in [0, 0.05) is 58.0 Å². The lowest BCUT2D eigenvalue weighted by Gasteiger charge is -2.32. The smallest absolute Gasteiger partial charge is 0.229 e. The summed E-state index contributed by atoms with van der Waals surface area (Å²) in [4.78, 5) is 22.1. The maximum Gasteiger partial charge on any atom is 0.229 e. The molecule has 1 fully saturated rings. The summed E-state index contributed by atoms with van der Waals surface area (Å²) in [5.41, 5.74) is 2.33. The maximum atomic E-state index is 15.1. The molecule has 0 unspecified atom stereocenters. The molecule has 2 aliphatic heterocycles. The van der Waals surface area contributed by atoms with Crippen molar-refractivity contribution in [2.24, 2.45) is 0 Å². The van der Waals surface area contributed by atoms with Crippen LogP contribution in [0, 0.1) is 11.6 Å². The minimum absolute atomic E-state index is 0.00632. The Morgan fingerprint density at radius 2 is 1.87 bits per heavy atom. The topological polar surface area (TPSA) is 84.2 Å². The molecule has 0 radical (unpaired) electrons. The highest BCUT2D eigenvalue weighted by molar-refractivity contribution is 5.83. The number of nitrogens with zero attached hydrogens (tertiary/aromatic N) is 7. The van der Waals surface area contributed by atoms with E-state index >= 15 is 4.39 Å². The average molecular weight is 521 g/mol. The molecule has 4 aromatic rings. The van der Waals surface area contributed by atoms with Gasteiger partial charge in [-0.1, -0.05) is 6.07 Å². The molecule has 1 N–H and O–H groups in total. The van der Waals surface area contributed by atoms with Gasteiger partial charge in [0.1, 0.15) is 22.9 Å². The highest BCUT2D eigenvalue weighted by Gasteiger charge is 2.27. The van der Waals surface area contributed by atoms with Gasteiger partial charge in [-0.25, -0.2) is 28.7 Å². The molecule has 0 bridgehead atoms. The number of aromatic nitrogens is 5. The number of benzene rings is 1. The summed E-state index contributed by atoms with van der Waals surface area (Å²) in [6.07, 6.45) is 4.53. The van der Waals surface area contributed by atoms with Crippen LogP contribution < -0.4 is 5.32 Å². The summed E-state index contributed by atoms with van der Waals surface area (Å²) in [6.45, 7) is 5.53. The van der Waals surface area contributed by atoms with Gasteiger partial charge in [-0.15, -0.1) is 0 Å². The maximum absolute atomic E-state index is 15.1. The molecule has 0 aliphatic carbocycles. The van der Waals surface area contributed by atoms with E-state index in [4.69, 9.17) is 4.74 Å². The molecule has 1 atom stereocenters. The SMILES string of the molecule is COC[C@@H]1CCc2nc3c(F)cc(-c4nc(Nc5ccc(CN6CCN(C)CC6)cn5)ncc4F)cc3n21. The molecule has 0 spiro atoms. The molecule has 9 nitrogen and oxygen atoms in total. The predicted octanol–water partition coefficient (Wildman–Crippen LogP) is 3.79. The van der Waals surface area contributed by atoms with E-state index < -0.39 is 11.6 Å². The van der Waals surface area contributed by atoms with Gasteiger partial charge in [-0.2, -0.15) is 0 Å². The third-order valence-electron chi connectivity index (χ3n) is 7.33. The first kappa shape index (κ1) is 24.8. The van der Waals surface area contributed by atoms with Gasteiger partial charge < -0.3 is 19.5 Å². The minimum Gasteiger partial charge on any atom is -0.383 e. The zero-order valence-corrected chi connectivity index (χ0v) is 21.5. The van der Waals surface area contributed by atoms with Crippen LogP contribution >= 0.6 is 0 Å². The second-order valence-electron chi connectivity index (χ2n) is 10.0. The van der Waals surface area contributed by atoms with E-state index in [2.05, 4.69) is 42.1 Å². The minimum atomic E-state index is -0.639. The second kappa shape index (κ2) is 10.3. The van der Waals surface area contributed by atoms with Crippen LogP contribution in [0.25, 0.3) is 22.3 Å². The van der Waals surface area contributed by atoms with Gasteiger partial charge in [0.2, 0.25) is 5.95 Å². The largest absolute Gasteiger partial charge is 0.383 e. The van der Waals surface area contributed by atoms with E-state index in [1.165, 1.54) is 6.07 Å². The van der Waals surface area contributed by atoms with E-state index in [1.807, 2.05) is 22.9 Å². The summed E-state index contributed by atoms with van der Waals surface area (Å²) in [7, 11) is 3.78. The van der Waals surface area contributed by atoms with Crippen LogP contribution in [0.3, 0.4) is 0 Å². The van der Waals surface area contributed by atoms with Crippen molar-refractivity contribution in [2.45, 2.75) is 25.4 Å². The number of fused-ring (bicyclic) bond motifs is 3. The number of hydrogen-bond donors (Lipinski definition) is 1. The van der Waals surface area contributed by atoms with Crippen LogP contribution in [-0.4, -0.2) is 81.2 Å². The van der Waals surface area contributed by atoms with Crippen molar-refractivity contribution in [3.05, 3.63) is 59.7 Å². The Morgan fingerprint density at radius 1 is 1.03 bits per heavy atom. The van der Waals surface area contributed by atoms with Crippen molar-refractivity contribution >= 4 is 22.8 Å². The second-order valence-corrected chi connectivity index (χ2v) is 10.0. The Morgan fingerprint density at radius 3 is 2.63 bits per heavy atom. The summed E-state index contributed by atoms with van der Waals surface area (Å²) in [6, 6.07) is 6.94. The Bertz CT molecular complexity index is 1450. The molecule has 38 heavy (non-hydrogen) atoms. The number of halogens is 2. The number of piperazine rings is 1. The highest BCUT2D eigenvalue weighted by Crippen LogP contribution is 2.35. The fraction of sp³-hybridized carbons (Fsp3) is 0.407. The van der Waals surface area contributed by atoms with Crippen LogP contribution in [-0.2, 0) is 17.7 Å². The van der Waals surface area contributed by atoms with Crippen LogP contribution in [0.4, 0.5) is 20.5 Å². The molecule has 11 heteroatoms. The Hall–Kier alpha value is -3.54.